The molecule has 0 bridgehead atoms. The number of pyridine rings is 1. The van der Waals surface area contributed by atoms with E-state index in [0.29, 0.717) is 23.6 Å². The molecule has 5 N–H and O–H groups in total. The first-order valence-electron chi connectivity index (χ1n) is 9.17. The normalized spacial score (nSPS) is 10.4. The van der Waals surface area contributed by atoms with Crippen molar-refractivity contribution < 1.29 is 27.5 Å². The van der Waals surface area contributed by atoms with Gasteiger partial charge in [-0.3, -0.25) is 20.4 Å². The molecule has 0 saturated carbocycles. The summed E-state index contributed by atoms with van der Waals surface area (Å²) in [5.74, 6) is 5.78. The van der Waals surface area contributed by atoms with Gasteiger partial charge in [0.1, 0.15) is 17.2 Å². The number of halogens is 4. The zero-order valence-electron chi connectivity index (χ0n) is 17.1. The molecule has 3 aromatic rings. The van der Waals surface area contributed by atoms with Crippen LogP contribution in [0.4, 0.5) is 24.5 Å². The Morgan fingerprint density at radius 3 is 2.30 bits per heavy atom. The maximum atomic E-state index is 12.2. The van der Waals surface area contributed by atoms with Crippen molar-refractivity contribution in [3.63, 3.8) is 0 Å². The van der Waals surface area contributed by atoms with Crippen LogP contribution < -0.4 is 26.6 Å². The molecule has 0 aliphatic heterocycles. The Hall–Kier alpha value is -3.83. The van der Waals surface area contributed by atoms with E-state index in [1.165, 1.54) is 19.3 Å². The number of hydrazine groups is 1. The minimum atomic E-state index is -4.45. The summed E-state index contributed by atoms with van der Waals surface area (Å²) in [6.45, 7) is 0. The minimum Gasteiger partial charge on any atom is -0.457 e. The fourth-order valence-electron chi connectivity index (χ4n) is 2.38. The van der Waals surface area contributed by atoms with Crippen molar-refractivity contribution in [3.05, 3.63) is 77.1 Å². The lowest BCUT2D eigenvalue weighted by Gasteiger charge is -2.10. The molecule has 0 aliphatic carbocycles. The lowest BCUT2D eigenvalue weighted by molar-refractivity contribution is -0.137. The van der Waals surface area contributed by atoms with E-state index in [-0.39, 0.29) is 22.3 Å². The second-order valence-corrected chi connectivity index (χ2v) is 6.59. The third-order valence-corrected chi connectivity index (χ3v) is 4.27. The average Bonchev–Trinajstić information content (AvgIpc) is 2.80. The van der Waals surface area contributed by atoms with E-state index in [9.17, 15) is 22.8 Å². The van der Waals surface area contributed by atoms with Crippen LogP contribution in [0.3, 0.4) is 0 Å². The number of carbonyl (C=O) groups is 2. The van der Waals surface area contributed by atoms with Gasteiger partial charge in [0.25, 0.3) is 5.91 Å². The molecule has 0 aliphatic rings. The number of nitrogens with two attached hydrogens (primary N) is 1. The van der Waals surface area contributed by atoms with Gasteiger partial charge in [-0.2, -0.15) is 13.2 Å². The smallest absolute Gasteiger partial charge is 0.417 e. The van der Waals surface area contributed by atoms with Gasteiger partial charge in [0.2, 0.25) is 6.41 Å². The lowest BCUT2D eigenvalue weighted by atomic mass is 10.2. The predicted octanol–water partition coefficient (Wildman–Crippen LogP) is 4.45. The van der Waals surface area contributed by atoms with E-state index in [2.05, 4.69) is 21.0 Å². The molecule has 33 heavy (non-hydrogen) atoms. The lowest BCUT2D eigenvalue weighted by Crippen LogP contribution is -2.18. The minimum absolute atomic E-state index is 0.164. The summed E-state index contributed by atoms with van der Waals surface area (Å²) in [5.41, 5.74) is 2.33. The maximum absolute atomic E-state index is 12.2. The molecular formula is C21H19ClF3N5O3. The topological polar surface area (TPSA) is 118 Å². The van der Waals surface area contributed by atoms with Gasteiger partial charge in [-0.15, -0.1) is 0 Å². The fraction of sp³-hybridized carbons (Fsp3) is 0.0952. The number of rotatable bonds is 6. The van der Waals surface area contributed by atoms with E-state index in [1.54, 1.807) is 36.4 Å². The molecule has 0 unspecified atom stereocenters. The van der Waals surface area contributed by atoms with Crippen molar-refractivity contribution in [2.45, 2.75) is 6.18 Å². The van der Waals surface area contributed by atoms with Crippen LogP contribution in [0.2, 0.25) is 5.02 Å². The number of nitrogens with zero attached hydrogens (tertiary/aromatic N) is 1. The van der Waals surface area contributed by atoms with Gasteiger partial charge >= 0.3 is 6.18 Å². The van der Waals surface area contributed by atoms with Crippen LogP contribution >= 0.6 is 11.6 Å². The predicted molar refractivity (Wildman–Crippen MR) is 118 cm³/mol. The number of ether oxygens (including phenoxy) is 1. The molecule has 0 radical (unpaired) electrons. The summed E-state index contributed by atoms with van der Waals surface area (Å²) in [5, 5.41) is 4.69. The second kappa shape index (κ2) is 11.7. The van der Waals surface area contributed by atoms with E-state index in [4.69, 9.17) is 22.2 Å². The largest absolute Gasteiger partial charge is 0.457 e. The summed E-state index contributed by atoms with van der Waals surface area (Å²) in [6.07, 6.45) is -2.35. The third-order valence-electron chi connectivity index (χ3n) is 3.95. The van der Waals surface area contributed by atoms with Crippen LogP contribution in [0.25, 0.3) is 0 Å². The van der Waals surface area contributed by atoms with Crippen molar-refractivity contribution in [2.24, 2.45) is 5.84 Å². The van der Waals surface area contributed by atoms with Gasteiger partial charge < -0.3 is 20.8 Å². The summed E-state index contributed by atoms with van der Waals surface area (Å²) >= 11 is 5.35. The number of nitrogens with one attached hydrogen (secondary N) is 3. The first-order chi connectivity index (χ1) is 15.7. The highest BCUT2D eigenvalue weighted by molar-refractivity contribution is 6.31. The van der Waals surface area contributed by atoms with Crippen LogP contribution in [0.15, 0.2) is 60.8 Å². The molecular weight excluding hydrogens is 463 g/mol. The molecule has 3 rings (SSSR count). The highest BCUT2D eigenvalue weighted by Crippen LogP contribution is 2.35. The van der Waals surface area contributed by atoms with Crippen molar-refractivity contribution in [1.82, 2.24) is 10.3 Å². The number of aromatic nitrogens is 1. The molecule has 0 atom stereocenters. The Bertz CT molecular complexity index is 1100. The van der Waals surface area contributed by atoms with E-state index < -0.39 is 11.7 Å². The number of hydrogen-bond acceptors (Lipinski definition) is 6. The Morgan fingerprint density at radius 1 is 1.06 bits per heavy atom. The Labute approximate surface area is 191 Å². The first-order valence-corrected chi connectivity index (χ1v) is 9.55. The number of benzene rings is 2. The summed E-state index contributed by atoms with van der Waals surface area (Å²) in [7, 11) is 1.54. The van der Waals surface area contributed by atoms with Gasteiger partial charge in [-0.05, 0) is 48.5 Å². The molecule has 1 aromatic heterocycles. The van der Waals surface area contributed by atoms with Gasteiger partial charge in [0.05, 0.1) is 10.6 Å². The van der Waals surface area contributed by atoms with E-state index in [0.717, 1.165) is 12.1 Å². The number of hydrogen-bond donors (Lipinski definition) is 4. The molecule has 2 aromatic carbocycles. The summed E-state index contributed by atoms with van der Waals surface area (Å²) < 4.78 is 42.2. The molecule has 0 fully saturated rings. The molecule has 0 spiro atoms. The van der Waals surface area contributed by atoms with Crippen LogP contribution in [0.1, 0.15) is 16.1 Å². The Kier molecular flexibility index (Phi) is 9.01. The zero-order valence-corrected chi connectivity index (χ0v) is 17.9. The number of carbonyl (C=O) groups excluding carboxylic acids is 2. The van der Waals surface area contributed by atoms with Gasteiger partial charge in [0, 0.05) is 30.7 Å². The number of nitrogen functional groups attached to an aromatic ring is 1. The number of alkyl halides is 3. The molecule has 8 nitrogen and oxygen atoms in total. The third kappa shape index (κ3) is 7.66. The van der Waals surface area contributed by atoms with Gasteiger partial charge in [-0.1, -0.05) is 11.6 Å². The van der Waals surface area contributed by atoms with E-state index >= 15 is 0 Å². The van der Waals surface area contributed by atoms with Crippen LogP contribution in [0.5, 0.6) is 11.5 Å². The SMILES string of the molecule is CNC(=O)c1cc(Oc2ccc(NC=O)cc2)ccn1.NNc1ccc(Cl)c(C(F)(F)F)c1. The Morgan fingerprint density at radius 2 is 1.73 bits per heavy atom. The van der Waals surface area contributed by atoms with Gasteiger partial charge in [-0.25, -0.2) is 0 Å². The summed E-state index contributed by atoms with van der Waals surface area (Å²) in [4.78, 5) is 25.7. The van der Waals surface area contributed by atoms with Crippen LogP contribution in [0, 0.1) is 0 Å². The fourth-order valence-corrected chi connectivity index (χ4v) is 2.61. The van der Waals surface area contributed by atoms with Gasteiger partial charge in [0.15, 0.2) is 0 Å². The van der Waals surface area contributed by atoms with Crippen LogP contribution in [-0.2, 0) is 11.0 Å². The van der Waals surface area contributed by atoms with E-state index in [1.807, 2.05) is 0 Å². The maximum Gasteiger partial charge on any atom is 0.417 e. The monoisotopic (exact) mass is 481 g/mol. The number of anilines is 2. The molecule has 1 heterocycles. The number of amides is 2. The van der Waals surface area contributed by atoms with Crippen molar-refractivity contribution >= 4 is 35.3 Å². The summed E-state index contributed by atoms with van der Waals surface area (Å²) in [6, 6.07) is 13.4. The zero-order chi connectivity index (χ0) is 24.4. The molecule has 174 valence electrons. The molecule has 12 heteroatoms. The highest BCUT2D eigenvalue weighted by atomic mass is 35.5. The quantitative estimate of drug-likeness (QED) is 0.235. The highest BCUT2D eigenvalue weighted by Gasteiger charge is 2.33. The Balaban J connectivity index is 0.000000257. The van der Waals surface area contributed by atoms with Crippen molar-refractivity contribution in [3.8, 4) is 11.5 Å². The molecule has 0 saturated heterocycles. The average molecular weight is 482 g/mol. The molecule has 2 amide bonds. The first kappa shape index (κ1) is 25.4. The van der Waals surface area contributed by atoms with Crippen LogP contribution in [-0.4, -0.2) is 24.3 Å². The van der Waals surface area contributed by atoms with Crippen molar-refractivity contribution in [1.29, 1.82) is 0 Å². The second-order valence-electron chi connectivity index (χ2n) is 6.18. The standard InChI is InChI=1S/C14H13N3O3.C7H6ClF3N2/c1-15-14(19)13-8-12(6-7-16-13)20-11-4-2-10(3-5-11)17-9-18;8-6-2-1-4(13-12)3-5(6)7(9,10)11/h2-9H,1H3,(H,15,19)(H,17,18);1-3,13H,12H2. The van der Waals surface area contributed by atoms with Crippen molar-refractivity contribution in [2.75, 3.05) is 17.8 Å².